The van der Waals surface area contributed by atoms with Crippen LogP contribution in [0.2, 0.25) is 0 Å². The van der Waals surface area contributed by atoms with E-state index in [0.717, 1.165) is 25.7 Å². The molecule has 5 aromatic carbocycles. The van der Waals surface area contributed by atoms with Crippen molar-refractivity contribution >= 4 is 76.2 Å². The third-order valence-corrected chi connectivity index (χ3v) is 17.3. The Bertz CT molecular complexity index is 3270. The lowest BCUT2D eigenvalue weighted by Crippen LogP contribution is -2.16. The maximum Gasteiger partial charge on any atom is 0.0541 e. The van der Waals surface area contributed by atoms with Gasteiger partial charge in [-0.25, -0.2) is 0 Å². The smallest absolute Gasteiger partial charge is 0.0541 e. The van der Waals surface area contributed by atoms with Crippen LogP contribution < -0.4 is 0 Å². The van der Waals surface area contributed by atoms with Crippen LogP contribution in [0.25, 0.3) is 58.8 Å². The molecular weight excluding hydrogens is 763 g/mol. The van der Waals surface area contributed by atoms with Crippen LogP contribution in [0.4, 0.5) is 0 Å². The predicted octanol–water partition coefficient (Wildman–Crippen LogP) is 15.8. The first kappa shape index (κ1) is 35.2. The lowest BCUT2D eigenvalue weighted by atomic mass is 9.80. The van der Waals surface area contributed by atoms with E-state index < -0.39 is 0 Å². The molecule has 0 saturated carbocycles. The molecule has 0 bridgehead atoms. The van der Waals surface area contributed by atoms with Gasteiger partial charge in [-0.15, -0.1) is 23.1 Å². The molecule has 0 amide bonds. The Morgan fingerprint density at radius 3 is 2.43 bits per heavy atom. The third-order valence-electron chi connectivity index (χ3n) is 14.5. The van der Waals surface area contributed by atoms with Crippen molar-refractivity contribution in [3.05, 3.63) is 208 Å². The van der Waals surface area contributed by atoms with Gasteiger partial charge >= 0.3 is 0 Å². The van der Waals surface area contributed by atoms with E-state index in [1.54, 1.807) is 10.5 Å². The molecule has 60 heavy (non-hydrogen) atoms. The Labute approximate surface area is 360 Å². The van der Waals surface area contributed by atoms with Gasteiger partial charge in [0, 0.05) is 65.1 Å². The Morgan fingerprint density at radius 2 is 1.55 bits per heavy atom. The number of hydrogen-bond acceptors (Lipinski definition) is 2. The number of benzene rings is 5. The van der Waals surface area contributed by atoms with Gasteiger partial charge in [0.2, 0.25) is 0 Å². The second-order valence-electron chi connectivity index (χ2n) is 18.1. The van der Waals surface area contributed by atoms with Gasteiger partial charge in [0.1, 0.15) is 0 Å². The molecule has 1 nitrogen and oxygen atoms in total. The second kappa shape index (κ2) is 13.2. The normalized spacial score (nSPS) is 23.6. The van der Waals surface area contributed by atoms with Crippen molar-refractivity contribution < 1.29 is 0 Å². The van der Waals surface area contributed by atoms with Crippen LogP contribution in [-0.2, 0) is 5.41 Å². The van der Waals surface area contributed by atoms with Crippen molar-refractivity contribution in [2.75, 3.05) is 0 Å². The first-order valence-corrected chi connectivity index (χ1v) is 23.5. The van der Waals surface area contributed by atoms with Gasteiger partial charge in [-0.2, -0.15) is 0 Å². The highest BCUT2D eigenvalue weighted by Gasteiger charge is 2.39. The maximum atomic E-state index is 2.52. The molecule has 3 heterocycles. The van der Waals surface area contributed by atoms with Crippen molar-refractivity contribution in [2.45, 2.75) is 62.0 Å². The fourth-order valence-electron chi connectivity index (χ4n) is 11.6. The summed E-state index contributed by atoms with van der Waals surface area (Å²) in [6, 6.07) is 37.3. The summed E-state index contributed by atoms with van der Waals surface area (Å²) in [4.78, 5) is 1.56. The molecule has 0 fully saturated rings. The van der Waals surface area contributed by atoms with E-state index in [1.807, 2.05) is 11.3 Å². The third kappa shape index (κ3) is 5.06. The quantitative estimate of drug-likeness (QED) is 0.171. The molecule has 6 aliphatic rings. The van der Waals surface area contributed by atoms with Crippen molar-refractivity contribution in [2.24, 2.45) is 5.92 Å². The SMILES string of the molecule is CC1(C)C2=C(CCC=C2)c2c1ccc1c2sc2c(C3C=CC(c4ccc5c(c4)c4cc(C6CC=CC7=C6SC6C=CC=CC76)ccc4n5-c4ccccc4)=CC3)cccc21. The largest absolute Gasteiger partial charge is 0.309 e. The van der Waals surface area contributed by atoms with Gasteiger partial charge in [-0.3, -0.25) is 0 Å². The van der Waals surface area contributed by atoms with Gasteiger partial charge < -0.3 is 4.57 Å². The summed E-state index contributed by atoms with van der Waals surface area (Å²) < 4.78 is 5.40. The number of thiophene rings is 1. The Morgan fingerprint density at radius 1 is 0.700 bits per heavy atom. The number of fused-ring (bicyclic) bond motifs is 11. The molecule has 5 aliphatic carbocycles. The molecule has 4 unspecified atom stereocenters. The fourth-order valence-corrected chi connectivity index (χ4v) is 14.6. The van der Waals surface area contributed by atoms with Crippen LogP contribution >= 0.6 is 23.1 Å². The number of rotatable bonds is 4. The molecule has 0 radical (unpaired) electrons. The number of nitrogens with zero attached hydrogens (tertiary/aromatic N) is 1. The molecule has 13 rings (SSSR count). The van der Waals surface area contributed by atoms with Crippen LogP contribution in [0.1, 0.15) is 79.2 Å². The molecule has 290 valence electrons. The van der Waals surface area contributed by atoms with E-state index in [4.69, 9.17) is 0 Å². The lowest BCUT2D eigenvalue weighted by molar-refractivity contribution is 0.652. The Hall–Kier alpha value is -5.61. The molecule has 7 aromatic rings. The summed E-state index contributed by atoms with van der Waals surface area (Å²) in [6.07, 6.45) is 30.6. The highest BCUT2D eigenvalue weighted by molar-refractivity contribution is 8.04. The predicted molar refractivity (Wildman–Crippen MR) is 260 cm³/mol. The Kier molecular flexibility index (Phi) is 7.73. The minimum absolute atomic E-state index is 0.0576. The molecular formula is C57H45NS2. The van der Waals surface area contributed by atoms with Crippen LogP contribution in [0.5, 0.6) is 0 Å². The molecule has 0 N–H and O–H groups in total. The summed E-state index contributed by atoms with van der Waals surface area (Å²) in [5.41, 5.74) is 16.9. The zero-order valence-electron chi connectivity index (χ0n) is 34.0. The van der Waals surface area contributed by atoms with Gasteiger partial charge in [-0.05, 0) is 117 Å². The number of thioether (sulfide) groups is 1. The topological polar surface area (TPSA) is 4.93 Å². The summed E-state index contributed by atoms with van der Waals surface area (Å²) >= 11 is 4.13. The van der Waals surface area contributed by atoms with Gasteiger partial charge in [0.15, 0.2) is 0 Å². The summed E-state index contributed by atoms with van der Waals surface area (Å²) in [6.45, 7) is 4.83. The standard InChI is InChI=1S/C57H45NS2/c1-57(2)48-20-8-6-15-45(48)53-49(57)29-28-44-43-19-10-16-39(55(43)60-56(44)53)35-24-22-34(23-25-35)36-26-30-50-46(32-36)47-33-37(27-31-51(47)58(50)38-12-4-3-5-13-38)40-17-11-18-42-41-14-7-9-21-52(41)59-54(40)42/h3-5,7-14,16,18-24,26-33,35,40-41,52H,6,15,17,25H2,1-2H3. The fraction of sp³-hybridized carbons (Fsp3) is 0.193. The molecule has 3 heteroatoms. The summed E-state index contributed by atoms with van der Waals surface area (Å²) in [5.74, 6) is 1.23. The van der Waals surface area contributed by atoms with Crippen LogP contribution in [0.3, 0.4) is 0 Å². The van der Waals surface area contributed by atoms with Crippen LogP contribution in [0, 0.1) is 5.92 Å². The number of allylic oxidation sites excluding steroid dienone is 15. The minimum atomic E-state index is 0.0576. The molecule has 1 aliphatic heterocycles. The zero-order valence-corrected chi connectivity index (χ0v) is 35.6. The highest BCUT2D eigenvalue weighted by Crippen LogP contribution is 2.56. The van der Waals surface area contributed by atoms with E-state index in [2.05, 4.69) is 194 Å². The monoisotopic (exact) mass is 807 g/mol. The molecule has 0 saturated heterocycles. The first-order valence-electron chi connectivity index (χ1n) is 21.8. The van der Waals surface area contributed by atoms with Crippen molar-refractivity contribution in [1.82, 2.24) is 4.57 Å². The first-order chi connectivity index (χ1) is 29.5. The molecule has 4 atom stereocenters. The Balaban J connectivity index is 0.876. The van der Waals surface area contributed by atoms with E-state index >= 15 is 0 Å². The van der Waals surface area contributed by atoms with E-state index in [9.17, 15) is 0 Å². The van der Waals surface area contributed by atoms with Gasteiger partial charge in [-0.1, -0.05) is 141 Å². The second-order valence-corrected chi connectivity index (χ2v) is 20.3. The van der Waals surface area contributed by atoms with E-state index in [0.29, 0.717) is 23.0 Å². The zero-order chi connectivity index (χ0) is 39.7. The number of aromatic nitrogens is 1. The van der Waals surface area contributed by atoms with Crippen LogP contribution in [-0.4, -0.2) is 9.82 Å². The maximum absolute atomic E-state index is 2.52. The van der Waals surface area contributed by atoms with Gasteiger partial charge in [0.05, 0.1) is 11.0 Å². The number of hydrogen-bond donors (Lipinski definition) is 0. The summed E-state index contributed by atoms with van der Waals surface area (Å²) in [7, 11) is 0. The highest BCUT2D eigenvalue weighted by atomic mass is 32.2. The summed E-state index contributed by atoms with van der Waals surface area (Å²) in [5, 5.41) is 6.00. The van der Waals surface area contributed by atoms with E-state index in [1.165, 1.54) is 92.2 Å². The molecule has 2 aromatic heterocycles. The lowest BCUT2D eigenvalue weighted by Gasteiger charge is -2.23. The average molecular weight is 808 g/mol. The van der Waals surface area contributed by atoms with Crippen molar-refractivity contribution in [1.29, 1.82) is 0 Å². The van der Waals surface area contributed by atoms with Crippen molar-refractivity contribution in [3.63, 3.8) is 0 Å². The van der Waals surface area contributed by atoms with Crippen molar-refractivity contribution in [3.8, 4) is 5.69 Å². The minimum Gasteiger partial charge on any atom is -0.309 e. The van der Waals surface area contributed by atoms with Gasteiger partial charge in [0.25, 0.3) is 0 Å². The van der Waals surface area contributed by atoms with Crippen LogP contribution in [0.15, 0.2) is 180 Å². The number of para-hydroxylation sites is 1. The average Bonchev–Trinajstić information content (AvgIpc) is 4.03. The van der Waals surface area contributed by atoms with E-state index in [-0.39, 0.29) is 5.41 Å². The molecule has 0 spiro atoms.